The van der Waals surface area contributed by atoms with Gasteiger partial charge in [0.2, 0.25) is 0 Å². The summed E-state index contributed by atoms with van der Waals surface area (Å²) in [4.78, 5) is 0. The highest BCUT2D eigenvalue weighted by Crippen LogP contribution is 2.14. The molecule has 0 heterocycles. The van der Waals surface area contributed by atoms with Crippen molar-refractivity contribution in [3.05, 3.63) is 0 Å². The number of hydrogen-bond donors (Lipinski definition) is 3. The minimum absolute atomic E-state index is 0.0778. The fourth-order valence-corrected chi connectivity index (χ4v) is 0.851. The van der Waals surface area contributed by atoms with Gasteiger partial charge in [0.25, 0.3) is 0 Å². The first-order valence-corrected chi connectivity index (χ1v) is 4.75. The molecule has 0 aromatic heterocycles. The van der Waals surface area contributed by atoms with E-state index in [0.717, 1.165) is 13.1 Å². The second-order valence-electron chi connectivity index (χ2n) is 5.25. The van der Waals surface area contributed by atoms with Crippen LogP contribution in [0.15, 0.2) is 0 Å². The van der Waals surface area contributed by atoms with Crippen molar-refractivity contribution in [2.24, 2.45) is 10.8 Å². The molecular formula is C10H23NO2. The molecule has 0 aromatic carbocycles. The molecule has 0 radical (unpaired) electrons. The van der Waals surface area contributed by atoms with E-state index in [1.807, 2.05) is 27.7 Å². The fourth-order valence-electron chi connectivity index (χ4n) is 0.851. The molecule has 0 saturated heterocycles. The third kappa shape index (κ3) is 6.02. The predicted octanol–water partition coefficient (Wildman–Crippen LogP) is 0.613. The summed E-state index contributed by atoms with van der Waals surface area (Å²) in [6, 6.07) is 0. The SMILES string of the molecule is CC(C)(CO)CNCC(C)(C)CO. The first kappa shape index (κ1) is 12.9. The third-order valence-corrected chi connectivity index (χ3v) is 2.06. The van der Waals surface area contributed by atoms with Gasteiger partial charge in [-0.1, -0.05) is 27.7 Å². The smallest absolute Gasteiger partial charge is 0.0494 e. The van der Waals surface area contributed by atoms with Crippen molar-refractivity contribution in [1.29, 1.82) is 0 Å². The molecule has 0 aromatic rings. The zero-order valence-corrected chi connectivity index (χ0v) is 9.22. The molecule has 3 heteroatoms. The van der Waals surface area contributed by atoms with Crippen LogP contribution in [0.3, 0.4) is 0 Å². The summed E-state index contributed by atoms with van der Waals surface area (Å²) in [7, 11) is 0. The Morgan fingerprint density at radius 1 is 0.846 bits per heavy atom. The number of aliphatic hydroxyl groups excluding tert-OH is 2. The molecule has 80 valence electrons. The highest BCUT2D eigenvalue weighted by Gasteiger charge is 2.19. The van der Waals surface area contributed by atoms with E-state index in [-0.39, 0.29) is 24.0 Å². The minimum Gasteiger partial charge on any atom is -0.396 e. The van der Waals surface area contributed by atoms with Gasteiger partial charge >= 0.3 is 0 Å². The molecule has 0 atom stereocenters. The zero-order chi connectivity index (χ0) is 10.5. The van der Waals surface area contributed by atoms with Crippen LogP contribution in [0.25, 0.3) is 0 Å². The van der Waals surface area contributed by atoms with E-state index in [1.54, 1.807) is 0 Å². The lowest BCUT2D eigenvalue weighted by molar-refractivity contribution is 0.132. The Labute approximate surface area is 81.2 Å². The summed E-state index contributed by atoms with van der Waals surface area (Å²) < 4.78 is 0. The summed E-state index contributed by atoms with van der Waals surface area (Å²) in [5.41, 5.74) is -0.156. The van der Waals surface area contributed by atoms with Crippen molar-refractivity contribution < 1.29 is 10.2 Å². The van der Waals surface area contributed by atoms with Gasteiger partial charge in [0.05, 0.1) is 0 Å². The Kier molecular flexibility index (Phi) is 4.89. The van der Waals surface area contributed by atoms with E-state index < -0.39 is 0 Å². The topological polar surface area (TPSA) is 52.5 Å². The highest BCUT2D eigenvalue weighted by atomic mass is 16.3. The Morgan fingerprint density at radius 2 is 1.15 bits per heavy atom. The molecule has 0 aliphatic rings. The molecule has 3 nitrogen and oxygen atoms in total. The zero-order valence-electron chi connectivity index (χ0n) is 9.22. The second-order valence-corrected chi connectivity index (χ2v) is 5.25. The van der Waals surface area contributed by atoms with Crippen molar-refractivity contribution in [3.8, 4) is 0 Å². The van der Waals surface area contributed by atoms with E-state index in [9.17, 15) is 0 Å². The molecule has 0 saturated carbocycles. The highest BCUT2D eigenvalue weighted by molar-refractivity contribution is 4.74. The maximum absolute atomic E-state index is 8.99. The van der Waals surface area contributed by atoms with Crippen molar-refractivity contribution in [1.82, 2.24) is 5.32 Å². The summed E-state index contributed by atoms with van der Waals surface area (Å²) in [6.45, 7) is 9.93. The van der Waals surface area contributed by atoms with Crippen LogP contribution >= 0.6 is 0 Å². The van der Waals surface area contributed by atoms with Gasteiger partial charge in [0, 0.05) is 37.1 Å². The van der Waals surface area contributed by atoms with E-state index in [4.69, 9.17) is 10.2 Å². The number of hydrogen-bond acceptors (Lipinski definition) is 3. The van der Waals surface area contributed by atoms with Crippen molar-refractivity contribution in [2.45, 2.75) is 27.7 Å². The molecule has 0 aliphatic heterocycles. The number of nitrogens with one attached hydrogen (secondary N) is 1. The third-order valence-electron chi connectivity index (χ3n) is 2.06. The molecule has 3 N–H and O–H groups in total. The molecule has 0 amide bonds. The Bertz CT molecular complexity index is 128. The van der Waals surface area contributed by atoms with Gasteiger partial charge in [0.1, 0.15) is 0 Å². The van der Waals surface area contributed by atoms with Crippen LogP contribution in [0.4, 0.5) is 0 Å². The fraction of sp³-hybridized carbons (Fsp3) is 1.00. The van der Waals surface area contributed by atoms with Crippen LogP contribution in [0, 0.1) is 10.8 Å². The Morgan fingerprint density at radius 3 is 1.38 bits per heavy atom. The largest absolute Gasteiger partial charge is 0.396 e. The van der Waals surface area contributed by atoms with Crippen LogP contribution in [0.5, 0.6) is 0 Å². The van der Waals surface area contributed by atoms with Gasteiger partial charge in [0.15, 0.2) is 0 Å². The van der Waals surface area contributed by atoms with Crippen LogP contribution in [-0.4, -0.2) is 36.5 Å². The maximum Gasteiger partial charge on any atom is 0.0494 e. The lowest BCUT2D eigenvalue weighted by Gasteiger charge is -2.27. The van der Waals surface area contributed by atoms with Crippen molar-refractivity contribution >= 4 is 0 Å². The summed E-state index contributed by atoms with van der Waals surface area (Å²) >= 11 is 0. The van der Waals surface area contributed by atoms with E-state index in [2.05, 4.69) is 5.32 Å². The average Bonchev–Trinajstić information content (AvgIpc) is 2.04. The molecule has 0 bridgehead atoms. The minimum atomic E-state index is -0.0778. The molecule has 0 rings (SSSR count). The maximum atomic E-state index is 8.99. The summed E-state index contributed by atoms with van der Waals surface area (Å²) in [5, 5.41) is 21.2. The molecule has 13 heavy (non-hydrogen) atoms. The van der Waals surface area contributed by atoms with Gasteiger partial charge in [-0.15, -0.1) is 0 Å². The van der Waals surface area contributed by atoms with Crippen LogP contribution in [-0.2, 0) is 0 Å². The Hall–Kier alpha value is -0.120. The predicted molar refractivity (Wildman–Crippen MR) is 54.6 cm³/mol. The molecule has 0 spiro atoms. The van der Waals surface area contributed by atoms with E-state index in [0.29, 0.717) is 0 Å². The van der Waals surface area contributed by atoms with Gasteiger partial charge in [-0.2, -0.15) is 0 Å². The number of aliphatic hydroxyl groups is 2. The van der Waals surface area contributed by atoms with E-state index >= 15 is 0 Å². The average molecular weight is 189 g/mol. The molecule has 0 aliphatic carbocycles. The van der Waals surface area contributed by atoms with Crippen LogP contribution in [0.1, 0.15) is 27.7 Å². The van der Waals surface area contributed by atoms with Gasteiger partial charge in [-0.3, -0.25) is 0 Å². The normalized spacial score (nSPS) is 13.4. The van der Waals surface area contributed by atoms with Crippen molar-refractivity contribution in [2.75, 3.05) is 26.3 Å². The van der Waals surface area contributed by atoms with Crippen LogP contribution in [0.2, 0.25) is 0 Å². The first-order chi connectivity index (χ1) is 5.83. The molecule has 0 unspecified atom stereocenters. The van der Waals surface area contributed by atoms with Crippen molar-refractivity contribution in [3.63, 3.8) is 0 Å². The van der Waals surface area contributed by atoms with Gasteiger partial charge < -0.3 is 15.5 Å². The van der Waals surface area contributed by atoms with Gasteiger partial charge in [-0.05, 0) is 0 Å². The lowest BCUT2D eigenvalue weighted by atomic mass is 9.92. The quantitative estimate of drug-likeness (QED) is 0.574. The summed E-state index contributed by atoms with van der Waals surface area (Å²) in [5.74, 6) is 0. The summed E-state index contributed by atoms with van der Waals surface area (Å²) in [6.07, 6.45) is 0. The van der Waals surface area contributed by atoms with E-state index in [1.165, 1.54) is 0 Å². The number of rotatable bonds is 6. The van der Waals surface area contributed by atoms with Crippen LogP contribution < -0.4 is 5.32 Å². The van der Waals surface area contributed by atoms with Gasteiger partial charge in [-0.25, -0.2) is 0 Å². The lowest BCUT2D eigenvalue weighted by Crippen LogP contribution is -2.39. The second kappa shape index (κ2) is 4.94. The Balaban J connectivity index is 3.68. The first-order valence-electron chi connectivity index (χ1n) is 4.75. The molecular weight excluding hydrogens is 166 g/mol. The monoisotopic (exact) mass is 189 g/mol. The molecule has 0 fully saturated rings. The standard InChI is InChI=1S/C10H23NO2/c1-9(2,7-12)5-11-6-10(3,4)8-13/h11-13H,5-8H2,1-4H3.